The summed E-state index contributed by atoms with van der Waals surface area (Å²) in [5.41, 5.74) is 3.24. The first kappa shape index (κ1) is 26.4. The Kier molecular flexibility index (Phi) is 7.88. The summed E-state index contributed by atoms with van der Waals surface area (Å²) in [7, 11) is 0. The van der Waals surface area contributed by atoms with E-state index in [0.29, 0.717) is 25.4 Å². The first-order valence-electron chi connectivity index (χ1n) is 13.2. The maximum Gasteiger partial charge on any atom is 0.350 e. The van der Waals surface area contributed by atoms with E-state index in [9.17, 15) is 14.0 Å². The maximum absolute atomic E-state index is 13.3. The molecule has 2 atom stereocenters. The highest BCUT2D eigenvalue weighted by molar-refractivity contribution is 5.77. The van der Waals surface area contributed by atoms with Gasteiger partial charge in [0.05, 0.1) is 18.3 Å². The van der Waals surface area contributed by atoms with E-state index in [-0.39, 0.29) is 23.5 Å². The van der Waals surface area contributed by atoms with Gasteiger partial charge < -0.3 is 9.64 Å². The van der Waals surface area contributed by atoms with Crippen LogP contribution in [0.1, 0.15) is 37.1 Å². The van der Waals surface area contributed by atoms with Gasteiger partial charge in [0.15, 0.2) is 0 Å². The minimum atomic E-state index is -0.420. The molecule has 1 fully saturated rings. The number of rotatable bonds is 8. The lowest BCUT2D eigenvalue weighted by Crippen LogP contribution is -2.49. The topological polar surface area (TPSA) is 72.6 Å². The number of esters is 1. The number of halogens is 1. The van der Waals surface area contributed by atoms with Crippen LogP contribution in [0.15, 0.2) is 90.0 Å². The van der Waals surface area contributed by atoms with E-state index in [2.05, 4.69) is 14.9 Å². The van der Waals surface area contributed by atoms with E-state index in [1.807, 2.05) is 68.4 Å². The Morgan fingerprint density at radius 1 is 0.897 bits per heavy atom. The monoisotopic (exact) mass is 529 g/mol. The molecule has 0 radical (unpaired) electrons. The molecule has 1 aliphatic heterocycles. The molecule has 4 aromatic rings. The second kappa shape index (κ2) is 11.7. The van der Waals surface area contributed by atoms with Crippen molar-refractivity contribution < 1.29 is 13.9 Å². The van der Waals surface area contributed by atoms with Gasteiger partial charge in [-0.15, -0.1) is 0 Å². The smallest absolute Gasteiger partial charge is 0.350 e. The lowest BCUT2D eigenvalue weighted by atomic mass is 10.0. The van der Waals surface area contributed by atoms with Crippen LogP contribution in [0.5, 0.6) is 0 Å². The van der Waals surface area contributed by atoms with E-state index >= 15 is 0 Å². The summed E-state index contributed by atoms with van der Waals surface area (Å²) in [6.45, 7) is 6.99. The Bertz CT molecular complexity index is 1440. The average molecular weight is 530 g/mol. The zero-order chi connectivity index (χ0) is 27.4. The molecular weight excluding hydrogens is 497 g/mol. The van der Waals surface area contributed by atoms with E-state index < -0.39 is 6.04 Å². The number of piperazine rings is 1. The molecule has 5 rings (SSSR count). The summed E-state index contributed by atoms with van der Waals surface area (Å²) in [4.78, 5) is 30.3. The van der Waals surface area contributed by atoms with Crippen LogP contribution in [-0.4, -0.2) is 58.0 Å². The van der Waals surface area contributed by atoms with Crippen molar-refractivity contribution >= 4 is 11.7 Å². The molecule has 0 saturated carbocycles. The third kappa shape index (κ3) is 5.63. The number of nitrogens with zero attached hydrogens (tertiary/aromatic N) is 5. The second-order valence-electron chi connectivity index (χ2n) is 9.56. The molecule has 1 aliphatic rings. The van der Waals surface area contributed by atoms with Gasteiger partial charge in [0.25, 0.3) is 0 Å². The predicted molar refractivity (Wildman–Crippen MR) is 148 cm³/mol. The third-order valence-electron chi connectivity index (χ3n) is 7.21. The highest BCUT2D eigenvalue weighted by Crippen LogP contribution is 2.26. The van der Waals surface area contributed by atoms with E-state index in [1.54, 1.807) is 12.1 Å². The Labute approximate surface area is 226 Å². The third-order valence-corrected chi connectivity index (χ3v) is 7.21. The molecule has 0 bridgehead atoms. The molecule has 39 heavy (non-hydrogen) atoms. The molecular formula is C30H32FN5O3. The number of hydrogen-bond acceptors (Lipinski definition) is 6. The SMILES string of the molecule is CCOC(=O)[C@H](c1ccccc1)N1CCN(c2ccc(-n3cnn(C(C)c4ccc(F)cc4)c3=O)cc2)CC1. The average Bonchev–Trinajstić information content (AvgIpc) is 3.35. The van der Waals surface area contributed by atoms with Crippen molar-refractivity contribution in [1.82, 2.24) is 19.2 Å². The number of hydrogen-bond donors (Lipinski definition) is 0. The van der Waals surface area contributed by atoms with Crippen LogP contribution >= 0.6 is 0 Å². The summed E-state index contributed by atoms with van der Waals surface area (Å²) in [5.74, 6) is -0.540. The van der Waals surface area contributed by atoms with Crippen LogP contribution in [0.2, 0.25) is 0 Å². The summed E-state index contributed by atoms with van der Waals surface area (Å²) >= 11 is 0. The molecule has 1 unspecified atom stereocenters. The highest BCUT2D eigenvalue weighted by atomic mass is 19.1. The van der Waals surface area contributed by atoms with Gasteiger partial charge in [0.1, 0.15) is 18.2 Å². The largest absolute Gasteiger partial charge is 0.465 e. The first-order chi connectivity index (χ1) is 19.0. The van der Waals surface area contributed by atoms with Gasteiger partial charge in [-0.05, 0) is 61.4 Å². The number of anilines is 1. The first-order valence-corrected chi connectivity index (χ1v) is 13.2. The molecule has 202 valence electrons. The van der Waals surface area contributed by atoms with Crippen LogP contribution in [0.25, 0.3) is 5.69 Å². The number of carbonyl (C=O) groups is 1. The molecule has 3 aromatic carbocycles. The molecule has 0 amide bonds. The Morgan fingerprint density at radius 2 is 1.54 bits per heavy atom. The molecule has 1 aromatic heterocycles. The van der Waals surface area contributed by atoms with Crippen molar-refractivity contribution in [1.29, 1.82) is 0 Å². The van der Waals surface area contributed by atoms with Crippen LogP contribution in [0, 0.1) is 5.82 Å². The lowest BCUT2D eigenvalue weighted by molar-refractivity contribution is -0.150. The quantitative estimate of drug-likeness (QED) is 0.319. The van der Waals surface area contributed by atoms with E-state index in [1.165, 1.54) is 27.7 Å². The van der Waals surface area contributed by atoms with Crippen LogP contribution in [-0.2, 0) is 9.53 Å². The predicted octanol–water partition coefficient (Wildman–Crippen LogP) is 4.21. The number of carbonyl (C=O) groups excluding carboxylic acids is 1. The van der Waals surface area contributed by atoms with Crippen LogP contribution < -0.4 is 10.6 Å². The molecule has 8 nitrogen and oxygen atoms in total. The normalized spacial score (nSPS) is 15.6. The minimum absolute atomic E-state index is 0.221. The van der Waals surface area contributed by atoms with Gasteiger partial charge in [0.2, 0.25) is 0 Å². The number of aromatic nitrogens is 3. The molecule has 0 N–H and O–H groups in total. The van der Waals surface area contributed by atoms with Crippen molar-refractivity contribution in [3.63, 3.8) is 0 Å². The fourth-order valence-corrected chi connectivity index (χ4v) is 5.06. The van der Waals surface area contributed by atoms with Gasteiger partial charge in [0, 0.05) is 31.9 Å². The standard InChI is InChI=1S/C30H32FN5O3/c1-3-39-29(37)28(24-7-5-4-6-8-24)34-19-17-33(18-20-34)26-13-15-27(16-14-26)35-21-32-36(30(35)38)22(2)23-9-11-25(31)12-10-23/h4-16,21-22,28H,3,17-20H2,1-2H3/t22?,28-/m0/s1. The van der Waals surface area contributed by atoms with Gasteiger partial charge in [-0.2, -0.15) is 5.10 Å². The minimum Gasteiger partial charge on any atom is -0.465 e. The van der Waals surface area contributed by atoms with Crippen molar-refractivity contribution in [2.24, 2.45) is 0 Å². The Morgan fingerprint density at radius 3 is 2.18 bits per heavy atom. The van der Waals surface area contributed by atoms with Crippen molar-refractivity contribution in [3.8, 4) is 5.69 Å². The number of benzene rings is 3. The van der Waals surface area contributed by atoms with Gasteiger partial charge in [-0.25, -0.2) is 23.2 Å². The summed E-state index contributed by atoms with van der Waals surface area (Å²) < 4.78 is 21.6. The van der Waals surface area contributed by atoms with Crippen molar-refractivity contribution in [2.75, 3.05) is 37.7 Å². The van der Waals surface area contributed by atoms with Gasteiger partial charge in [-0.1, -0.05) is 42.5 Å². The molecule has 0 aliphatic carbocycles. The second-order valence-corrected chi connectivity index (χ2v) is 9.56. The fourth-order valence-electron chi connectivity index (χ4n) is 5.06. The summed E-state index contributed by atoms with van der Waals surface area (Å²) in [6.07, 6.45) is 1.51. The van der Waals surface area contributed by atoms with E-state index in [4.69, 9.17) is 4.74 Å². The Balaban J connectivity index is 1.27. The Hall–Kier alpha value is -4.24. The zero-order valence-corrected chi connectivity index (χ0v) is 22.1. The molecule has 9 heteroatoms. The maximum atomic E-state index is 13.3. The zero-order valence-electron chi connectivity index (χ0n) is 22.1. The summed E-state index contributed by atoms with van der Waals surface area (Å²) in [6, 6.07) is 22.9. The highest BCUT2D eigenvalue weighted by Gasteiger charge is 2.31. The van der Waals surface area contributed by atoms with Crippen LogP contribution in [0.4, 0.5) is 10.1 Å². The van der Waals surface area contributed by atoms with E-state index in [0.717, 1.165) is 29.9 Å². The molecule has 0 spiro atoms. The van der Waals surface area contributed by atoms with Gasteiger partial charge in [-0.3, -0.25) is 4.90 Å². The van der Waals surface area contributed by atoms with Crippen molar-refractivity contribution in [3.05, 3.63) is 113 Å². The fraction of sp³-hybridized carbons (Fsp3) is 0.300. The number of ether oxygens (including phenoxy) is 1. The summed E-state index contributed by atoms with van der Waals surface area (Å²) in [5, 5.41) is 4.30. The van der Waals surface area contributed by atoms with Crippen molar-refractivity contribution in [2.45, 2.75) is 25.9 Å². The molecule has 1 saturated heterocycles. The molecule has 2 heterocycles. The van der Waals surface area contributed by atoms with Gasteiger partial charge >= 0.3 is 11.7 Å². The lowest BCUT2D eigenvalue weighted by Gasteiger charge is -2.39. The van der Waals surface area contributed by atoms with Crippen LogP contribution in [0.3, 0.4) is 0 Å².